The van der Waals surface area contributed by atoms with E-state index < -0.39 is 11.6 Å². The predicted molar refractivity (Wildman–Crippen MR) is 68.4 cm³/mol. The van der Waals surface area contributed by atoms with Crippen LogP contribution in [0.1, 0.15) is 24.8 Å². The maximum atomic E-state index is 13.4. The lowest BCUT2D eigenvalue weighted by atomic mass is 10.1. The van der Waals surface area contributed by atoms with E-state index in [0.29, 0.717) is 12.5 Å². The van der Waals surface area contributed by atoms with Gasteiger partial charge in [0, 0.05) is 19.0 Å². The number of carbonyl (C=O) groups is 1. The van der Waals surface area contributed by atoms with Crippen LogP contribution in [0.25, 0.3) is 0 Å². The minimum atomic E-state index is -0.881. The van der Waals surface area contributed by atoms with E-state index in [2.05, 4.69) is 5.32 Å². The van der Waals surface area contributed by atoms with Crippen LogP contribution in [-0.2, 0) is 11.2 Å². The molecule has 3 N–H and O–H groups in total. The summed E-state index contributed by atoms with van der Waals surface area (Å²) < 4.78 is 26.3. The molecule has 1 aromatic rings. The molecule has 0 heterocycles. The van der Waals surface area contributed by atoms with E-state index in [1.54, 1.807) is 0 Å². The number of nitrogens with two attached hydrogens (primary N) is 1. The van der Waals surface area contributed by atoms with Crippen LogP contribution in [0.5, 0.6) is 0 Å². The highest BCUT2D eigenvalue weighted by Gasteiger charge is 2.28. The van der Waals surface area contributed by atoms with E-state index in [1.165, 1.54) is 12.1 Å². The van der Waals surface area contributed by atoms with Crippen molar-refractivity contribution in [2.45, 2.75) is 31.7 Å². The number of hydrogen-bond donors (Lipinski definition) is 2. The maximum Gasteiger partial charge on any atom is 0.220 e. The first-order chi connectivity index (χ1) is 9.08. The molecule has 0 saturated heterocycles. The van der Waals surface area contributed by atoms with Gasteiger partial charge >= 0.3 is 0 Å². The van der Waals surface area contributed by atoms with Crippen LogP contribution in [0.4, 0.5) is 8.78 Å². The molecule has 0 aromatic heterocycles. The van der Waals surface area contributed by atoms with E-state index in [1.807, 2.05) is 0 Å². The Labute approximate surface area is 111 Å². The summed E-state index contributed by atoms with van der Waals surface area (Å²) in [5, 5.41) is 2.73. The Hall–Kier alpha value is -1.49. The van der Waals surface area contributed by atoms with E-state index in [0.717, 1.165) is 18.9 Å². The zero-order valence-corrected chi connectivity index (χ0v) is 10.7. The van der Waals surface area contributed by atoms with Gasteiger partial charge < -0.3 is 11.1 Å². The smallest absolute Gasteiger partial charge is 0.220 e. The molecule has 104 valence electrons. The molecule has 1 aromatic carbocycles. The molecule has 0 aliphatic heterocycles. The highest BCUT2D eigenvalue weighted by molar-refractivity contribution is 5.76. The predicted octanol–water partition coefficient (Wildman–Crippen LogP) is 1.75. The lowest BCUT2D eigenvalue weighted by Gasteiger charge is -2.11. The third-order valence-electron chi connectivity index (χ3n) is 3.42. The van der Waals surface area contributed by atoms with Gasteiger partial charge in [0.2, 0.25) is 5.91 Å². The number of hydrogen-bond acceptors (Lipinski definition) is 2. The minimum Gasteiger partial charge on any atom is -0.355 e. The molecule has 1 fully saturated rings. The Morgan fingerprint density at radius 1 is 1.42 bits per heavy atom. The van der Waals surface area contributed by atoms with Crippen molar-refractivity contribution in [1.82, 2.24) is 5.32 Å². The van der Waals surface area contributed by atoms with Gasteiger partial charge in [-0.05, 0) is 36.8 Å². The van der Waals surface area contributed by atoms with Crippen LogP contribution >= 0.6 is 0 Å². The molecule has 0 spiro atoms. The number of amides is 1. The average Bonchev–Trinajstić information content (AvgIpc) is 3.22. The van der Waals surface area contributed by atoms with Gasteiger partial charge in [-0.25, -0.2) is 8.78 Å². The topological polar surface area (TPSA) is 55.1 Å². The molecule has 19 heavy (non-hydrogen) atoms. The Bertz CT molecular complexity index is 461. The molecule has 3 nitrogen and oxygen atoms in total. The van der Waals surface area contributed by atoms with E-state index in [4.69, 9.17) is 5.73 Å². The highest BCUT2D eigenvalue weighted by Crippen LogP contribution is 2.31. The van der Waals surface area contributed by atoms with E-state index >= 15 is 0 Å². The zero-order chi connectivity index (χ0) is 13.8. The Kier molecular flexibility index (Phi) is 4.47. The monoisotopic (exact) mass is 268 g/mol. The molecule has 2 rings (SSSR count). The molecule has 1 amide bonds. The summed E-state index contributed by atoms with van der Waals surface area (Å²) in [6.45, 7) is 0.454. The van der Waals surface area contributed by atoms with Crippen molar-refractivity contribution in [2.24, 2.45) is 11.7 Å². The normalized spacial score (nSPS) is 16.2. The molecule has 0 bridgehead atoms. The molecule has 5 heteroatoms. The van der Waals surface area contributed by atoms with Crippen molar-refractivity contribution in [3.05, 3.63) is 35.4 Å². The first-order valence-corrected chi connectivity index (χ1v) is 6.53. The van der Waals surface area contributed by atoms with Crippen LogP contribution in [0.3, 0.4) is 0 Å². The Morgan fingerprint density at radius 3 is 2.84 bits per heavy atom. The second kappa shape index (κ2) is 6.10. The zero-order valence-electron chi connectivity index (χ0n) is 10.7. The third-order valence-corrected chi connectivity index (χ3v) is 3.42. The molecule has 1 unspecified atom stereocenters. The third kappa shape index (κ3) is 3.99. The number of nitrogens with one attached hydrogen (secondary N) is 1. The number of benzene rings is 1. The van der Waals surface area contributed by atoms with Gasteiger partial charge in [0.15, 0.2) is 11.6 Å². The molecule has 0 radical (unpaired) electrons. The van der Waals surface area contributed by atoms with Crippen LogP contribution in [0.2, 0.25) is 0 Å². The Balaban J connectivity index is 1.75. The van der Waals surface area contributed by atoms with Gasteiger partial charge in [-0.1, -0.05) is 12.1 Å². The fourth-order valence-electron chi connectivity index (χ4n) is 2.00. The summed E-state index contributed by atoms with van der Waals surface area (Å²) in [6.07, 6.45) is 2.59. The van der Waals surface area contributed by atoms with Crippen LogP contribution in [-0.4, -0.2) is 18.5 Å². The summed E-state index contributed by atoms with van der Waals surface area (Å²) >= 11 is 0. The first-order valence-electron chi connectivity index (χ1n) is 6.53. The quantitative estimate of drug-likeness (QED) is 0.826. The van der Waals surface area contributed by atoms with Crippen LogP contribution < -0.4 is 11.1 Å². The molecule has 1 aliphatic rings. The fourth-order valence-corrected chi connectivity index (χ4v) is 2.00. The minimum absolute atomic E-state index is 0.00913. The van der Waals surface area contributed by atoms with Crippen molar-refractivity contribution in [3.63, 3.8) is 0 Å². The van der Waals surface area contributed by atoms with E-state index in [9.17, 15) is 13.6 Å². The fraction of sp³-hybridized carbons (Fsp3) is 0.500. The maximum absolute atomic E-state index is 13.4. The molecule has 1 atom stereocenters. The summed E-state index contributed by atoms with van der Waals surface area (Å²) in [4.78, 5) is 11.6. The molecular weight excluding hydrogens is 250 g/mol. The summed E-state index contributed by atoms with van der Waals surface area (Å²) in [6, 6.07) is 4.00. The van der Waals surface area contributed by atoms with Crippen molar-refractivity contribution in [2.75, 3.05) is 6.54 Å². The van der Waals surface area contributed by atoms with Gasteiger partial charge in [-0.15, -0.1) is 0 Å². The first kappa shape index (κ1) is 13.9. The number of halogens is 2. The number of aryl methyl sites for hydroxylation is 1. The van der Waals surface area contributed by atoms with E-state index in [-0.39, 0.29) is 30.4 Å². The van der Waals surface area contributed by atoms with Gasteiger partial charge in [-0.2, -0.15) is 0 Å². The van der Waals surface area contributed by atoms with Crippen molar-refractivity contribution < 1.29 is 13.6 Å². The SMILES string of the molecule is NC(CNC(=O)CCc1cccc(F)c1F)C1CC1. The number of carbonyl (C=O) groups excluding carboxylic acids is 1. The summed E-state index contributed by atoms with van der Waals surface area (Å²) in [5.41, 5.74) is 6.08. The second-order valence-corrected chi connectivity index (χ2v) is 5.02. The number of rotatable bonds is 6. The van der Waals surface area contributed by atoms with Crippen molar-refractivity contribution in [3.8, 4) is 0 Å². The molecule has 1 aliphatic carbocycles. The Morgan fingerprint density at radius 2 is 2.16 bits per heavy atom. The van der Waals surface area contributed by atoms with Gasteiger partial charge in [-0.3, -0.25) is 4.79 Å². The van der Waals surface area contributed by atoms with Gasteiger partial charge in [0.1, 0.15) is 0 Å². The van der Waals surface area contributed by atoms with Crippen LogP contribution in [0, 0.1) is 17.6 Å². The average molecular weight is 268 g/mol. The molecular formula is C14H18F2N2O. The van der Waals surface area contributed by atoms with Crippen LogP contribution in [0.15, 0.2) is 18.2 Å². The lowest BCUT2D eigenvalue weighted by Crippen LogP contribution is -2.38. The summed E-state index contributed by atoms with van der Waals surface area (Å²) in [7, 11) is 0. The van der Waals surface area contributed by atoms with Crippen molar-refractivity contribution in [1.29, 1.82) is 0 Å². The standard InChI is InChI=1S/C14H18F2N2O/c15-11-3-1-2-10(14(11)16)6-7-13(19)18-8-12(17)9-4-5-9/h1-3,9,12H,4-8,17H2,(H,18,19). The van der Waals surface area contributed by atoms with Gasteiger partial charge in [0.05, 0.1) is 0 Å². The van der Waals surface area contributed by atoms with Gasteiger partial charge in [0.25, 0.3) is 0 Å². The molecule has 1 saturated carbocycles. The highest BCUT2D eigenvalue weighted by atomic mass is 19.2. The van der Waals surface area contributed by atoms with Crippen molar-refractivity contribution >= 4 is 5.91 Å². The lowest BCUT2D eigenvalue weighted by molar-refractivity contribution is -0.121. The second-order valence-electron chi connectivity index (χ2n) is 5.02. The largest absolute Gasteiger partial charge is 0.355 e. The summed E-state index contributed by atoms with van der Waals surface area (Å²) in [5.74, 6) is -1.40.